The standard InChI is InChI=1S/C22H20O15/c23-17(29-2-1-14-6-32-20(26)35-14)11-3-12(18(24)30-7-15-9-33-21(27)36-15)5-13(4-11)19(25)31-8-16-10-34-22(28)37-16/h3-5,14-16H,1-2,6-10H2. The molecular formula is C22H20O15. The number of benzene rings is 1. The second-order valence-electron chi connectivity index (χ2n) is 7.82. The van der Waals surface area contributed by atoms with Crippen LogP contribution >= 0.6 is 0 Å². The van der Waals surface area contributed by atoms with Crippen molar-refractivity contribution < 1.29 is 71.4 Å². The van der Waals surface area contributed by atoms with Crippen LogP contribution in [-0.4, -0.2) is 94.3 Å². The van der Waals surface area contributed by atoms with Gasteiger partial charge in [0.15, 0.2) is 12.2 Å². The Morgan fingerprint density at radius 1 is 0.622 bits per heavy atom. The molecule has 0 aromatic heterocycles. The molecule has 198 valence electrons. The molecule has 3 aliphatic rings. The van der Waals surface area contributed by atoms with Crippen molar-refractivity contribution in [2.75, 3.05) is 39.6 Å². The van der Waals surface area contributed by atoms with E-state index in [1.807, 2.05) is 0 Å². The molecule has 3 aliphatic heterocycles. The molecule has 3 fully saturated rings. The van der Waals surface area contributed by atoms with Gasteiger partial charge in [-0.05, 0) is 18.2 Å². The molecular weight excluding hydrogens is 504 g/mol. The Hall–Kier alpha value is -4.56. The zero-order valence-corrected chi connectivity index (χ0v) is 19.0. The lowest BCUT2D eigenvalue weighted by Crippen LogP contribution is -2.22. The number of hydrogen-bond acceptors (Lipinski definition) is 15. The number of carbonyl (C=O) groups is 6. The minimum atomic E-state index is -0.931. The van der Waals surface area contributed by atoms with Gasteiger partial charge in [-0.1, -0.05) is 0 Å². The van der Waals surface area contributed by atoms with Gasteiger partial charge >= 0.3 is 36.4 Å². The van der Waals surface area contributed by atoms with E-state index in [0.717, 1.165) is 18.2 Å². The van der Waals surface area contributed by atoms with E-state index in [1.165, 1.54) is 0 Å². The van der Waals surface area contributed by atoms with Crippen LogP contribution in [0.15, 0.2) is 18.2 Å². The molecule has 15 heteroatoms. The maximum absolute atomic E-state index is 12.6. The maximum Gasteiger partial charge on any atom is 0.508 e. The van der Waals surface area contributed by atoms with Crippen LogP contribution in [0.5, 0.6) is 0 Å². The summed E-state index contributed by atoms with van der Waals surface area (Å²) < 4.78 is 43.6. The van der Waals surface area contributed by atoms with Crippen molar-refractivity contribution in [3.8, 4) is 0 Å². The molecule has 3 atom stereocenters. The summed E-state index contributed by atoms with van der Waals surface area (Å²) >= 11 is 0. The minimum Gasteiger partial charge on any atom is -0.462 e. The van der Waals surface area contributed by atoms with Crippen LogP contribution in [0, 0.1) is 0 Å². The lowest BCUT2D eigenvalue weighted by atomic mass is 10.1. The molecule has 3 unspecified atom stereocenters. The molecule has 3 saturated heterocycles. The highest BCUT2D eigenvalue weighted by Gasteiger charge is 2.29. The Morgan fingerprint density at radius 3 is 1.38 bits per heavy atom. The van der Waals surface area contributed by atoms with E-state index >= 15 is 0 Å². The van der Waals surface area contributed by atoms with E-state index in [2.05, 4.69) is 14.2 Å². The van der Waals surface area contributed by atoms with Gasteiger partial charge in [0.25, 0.3) is 0 Å². The molecule has 0 amide bonds. The lowest BCUT2D eigenvalue weighted by molar-refractivity contribution is 0.0293. The Balaban J connectivity index is 1.42. The molecule has 1 aromatic rings. The van der Waals surface area contributed by atoms with Gasteiger partial charge in [-0.2, -0.15) is 0 Å². The first-order chi connectivity index (χ1) is 17.8. The van der Waals surface area contributed by atoms with Crippen LogP contribution in [0.3, 0.4) is 0 Å². The smallest absolute Gasteiger partial charge is 0.462 e. The van der Waals surface area contributed by atoms with Crippen LogP contribution in [0.1, 0.15) is 37.5 Å². The normalized spacial score (nSPS) is 22.1. The number of carbonyl (C=O) groups excluding carboxylic acids is 6. The zero-order chi connectivity index (χ0) is 26.4. The summed E-state index contributed by atoms with van der Waals surface area (Å²) in [7, 11) is 0. The summed E-state index contributed by atoms with van der Waals surface area (Å²) in [4.78, 5) is 70.9. The fourth-order valence-corrected chi connectivity index (χ4v) is 3.25. The molecule has 4 rings (SSSR count). The summed E-state index contributed by atoms with van der Waals surface area (Å²) in [5, 5.41) is 0. The second-order valence-corrected chi connectivity index (χ2v) is 7.82. The van der Waals surface area contributed by atoms with Crippen molar-refractivity contribution in [3.05, 3.63) is 34.9 Å². The van der Waals surface area contributed by atoms with Gasteiger partial charge in [-0.3, -0.25) is 0 Å². The molecule has 0 saturated carbocycles. The van der Waals surface area contributed by atoms with Gasteiger partial charge in [0.2, 0.25) is 0 Å². The van der Waals surface area contributed by atoms with E-state index in [9.17, 15) is 28.8 Å². The Labute approximate surface area is 207 Å². The fourth-order valence-electron chi connectivity index (χ4n) is 3.25. The van der Waals surface area contributed by atoms with Crippen molar-refractivity contribution in [1.29, 1.82) is 0 Å². The number of ether oxygens (including phenoxy) is 9. The molecule has 3 heterocycles. The van der Waals surface area contributed by atoms with Crippen LogP contribution in [-0.2, 0) is 42.6 Å². The van der Waals surface area contributed by atoms with E-state index < -0.39 is 54.7 Å². The average molecular weight is 524 g/mol. The predicted molar refractivity (Wildman–Crippen MR) is 111 cm³/mol. The third-order valence-corrected chi connectivity index (χ3v) is 5.06. The van der Waals surface area contributed by atoms with Gasteiger partial charge in [0.05, 0.1) is 23.3 Å². The van der Waals surface area contributed by atoms with Gasteiger partial charge in [-0.25, -0.2) is 28.8 Å². The largest absolute Gasteiger partial charge is 0.508 e. The van der Waals surface area contributed by atoms with E-state index in [0.29, 0.717) is 0 Å². The SMILES string of the molecule is O=C1OCC(CCOC(=O)c2cc(C(=O)OCC3COC(=O)O3)cc(C(=O)OCC3COC(=O)O3)c2)O1. The summed E-state index contributed by atoms with van der Waals surface area (Å²) in [6, 6.07) is 3.42. The number of cyclic esters (lactones) is 6. The van der Waals surface area contributed by atoms with Crippen LogP contribution in [0.2, 0.25) is 0 Å². The summed E-state index contributed by atoms with van der Waals surface area (Å²) in [6.07, 6.45) is -4.63. The van der Waals surface area contributed by atoms with Gasteiger partial charge < -0.3 is 42.6 Å². The first-order valence-electron chi connectivity index (χ1n) is 10.9. The molecule has 37 heavy (non-hydrogen) atoms. The number of hydrogen-bond donors (Lipinski definition) is 0. The highest BCUT2D eigenvalue weighted by molar-refractivity contribution is 6.00. The minimum absolute atomic E-state index is 0.0242. The van der Waals surface area contributed by atoms with E-state index in [4.69, 9.17) is 28.4 Å². The molecule has 1 aromatic carbocycles. The summed E-state index contributed by atoms with van der Waals surface area (Å²) in [6.45, 7) is -0.979. The van der Waals surface area contributed by atoms with Crippen molar-refractivity contribution in [1.82, 2.24) is 0 Å². The zero-order valence-electron chi connectivity index (χ0n) is 19.0. The fraction of sp³-hybridized carbons (Fsp3) is 0.455. The monoisotopic (exact) mass is 524 g/mol. The number of esters is 3. The summed E-state index contributed by atoms with van der Waals surface area (Å²) in [5.74, 6) is -2.75. The molecule has 0 aliphatic carbocycles. The van der Waals surface area contributed by atoms with Gasteiger partial charge in [-0.15, -0.1) is 0 Å². The average Bonchev–Trinajstić information content (AvgIpc) is 3.62. The lowest BCUT2D eigenvalue weighted by Gasteiger charge is -2.12. The van der Waals surface area contributed by atoms with Crippen molar-refractivity contribution >= 4 is 36.4 Å². The van der Waals surface area contributed by atoms with E-state index in [1.54, 1.807) is 0 Å². The molecule has 0 radical (unpaired) electrons. The predicted octanol–water partition coefficient (Wildman–Crippen LogP) is 1.15. The maximum atomic E-state index is 12.6. The topological polar surface area (TPSA) is 185 Å². The first kappa shape index (κ1) is 25.5. The third-order valence-electron chi connectivity index (χ3n) is 5.06. The molecule has 0 N–H and O–H groups in total. The van der Waals surface area contributed by atoms with E-state index in [-0.39, 0.29) is 62.8 Å². The Morgan fingerprint density at radius 2 is 1.00 bits per heavy atom. The highest BCUT2D eigenvalue weighted by Crippen LogP contribution is 2.17. The van der Waals surface area contributed by atoms with Crippen molar-refractivity contribution in [3.63, 3.8) is 0 Å². The Bertz CT molecular complexity index is 1040. The van der Waals surface area contributed by atoms with Crippen molar-refractivity contribution in [2.24, 2.45) is 0 Å². The third kappa shape index (κ3) is 6.99. The van der Waals surface area contributed by atoms with Gasteiger partial charge in [0.1, 0.15) is 39.1 Å². The molecule has 0 bridgehead atoms. The highest BCUT2D eigenvalue weighted by atomic mass is 16.8. The quantitative estimate of drug-likeness (QED) is 0.313. The Kier molecular flexibility index (Phi) is 7.90. The van der Waals surface area contributed by atoms with Crippen LogP contribution in [0.4, 0.5) is 14.4 Å². The first-order valence-corrected chi connectivity index (χ1v) is 10.9. The molecule has 15 nitrogen and oxygen atoms in total. The van der Waals surface area contributed by atoms with Crippen LogP contribution < -0.4 is 0 Å². The van der Waals surface area contributed by atoms with Crippen LogP contribution in [0.25, 0.3) is 0 Å². The van der Waals surface area contributed by atoms with Gasteiger partial charge in [0, 0.05) is 6.42 Å². The number of rotatable bonds is 10. The summed E-state index contributed by atoms with van der Waals surface area (Å²) in [5.41, 5.74) is -0.562. The van der Waals surface area contributed by atoms with Crippen molar-refractivity contribution in [2.45, 2.75) is 24.7 Å². The molecule has 0 spiro atoms. The second kappa shape index (κ2) is 11.5.